The van der Waals surface area contributed by atoms with E-state index in [4.69, 9.17) is 18.0 Å². The maximum Gasteiger partial charge on any atom is 0.173 e. The van der Waals surface area contributed by atoms with E-state index in [1.807, 2.05) is 0 Å². The predicted molar refractivity (Wildman–Crippen MR) is 59.4 cm³/mol. The Bertz CT molecular complexity index is 551. The second-order valence-electron chi connectivity index (χ2n) is 3.09. The van der Waals surface area contributed by atoms with Crippen molar-refractivity contribution in [3.05, 3.63) is 47.9 Å². The van der Waals surface area contributed by atoms with E-state index in [-0.39, 0.29) is 10.8 Å². The van der Waals surface area contributed by atoms with Gasteiger partial charge in [0.1, 0.15) is 10.8 Å². The summed E-state index contributed by atoms with van der Waals surface area (Å²) in [6.07, 6.45) is 2.49. The van der Waals surface area contributed by atoms with Gasteiger partial charge in [0.2, 0.25) is 0 Å². The van der Waals surface area contributed by atoms with E-state index in [2.05, 4.69) is 4.98 Å². The lowest BCUT2D eigenvalue weighted by molar-refractivity contribution is 0.565. The molecular formula is C10H7F2N3S. The molecule has 2 aromatic heterocycles. The van der Waals surface area contributed by atoms with Crippen molar-refractivity contribution in [2.24, 2.45) is 5.73 Å². The molecule has 2 N–H and O–H groups in total. The first-order valence-corrected chi connectivity index (χ1v) is 4.79. The fourth-order valence-electron chi connectivity index (χ4n) is 1.35. The second-order valence-corrected chi connectivity index (χ2v) is 3.53. The van der Waals surface area contributed by atoms with E-state index in [1.165, 1.54) is 4.57 Å². The number of nitrogens with two attached hydrogens (primary N) is 1. The zero-order valence-electron chi connectivity index (χ0n) is 8.02. The quantitative estimate of drug-likeness (QED) is 0.812. The van der Waals surface area contributed by atoms with Gasteiger partial charge in [-0.1, -0.05) is 12.2 Å². The maximum atomic E-state index is 13.4. The Morgan fingerprint density at radius 3 is 2.81 bits per heavy atom. The first-order valence-electron chi connectivity index (χ1n) is 4.38. The average molecular weight is 239 g/mol. The van der Waals surface area contributed by atoms with Crippen LogP contribution in [0.1, 0.15) is 5.69 Å². The van der Waals surface area contributed by atoms with Crippen LogP contribution in [-0.2, 0) is 0 Å². The third-order valence-electron chi connectivity index (χ3n) is 2.02. The first kappa shape index (κ1) is 10.7. The van der Waals surface area contributed by atoms with Crippen molar-refractivity contribution < 1.29 is 8.78 Å². The third kappa shape index (κ3) is 1.79. The molecule has 0 atom stereocenters. The summed E-state index contributed by atoms with van der Waals surface area (Å²) in [5.74, 6) is -1.53. The van der Waals surface area contributed by atoms with Crippen LogP contribution in [-0.4, -0.2) is 14.5 Å². The lowest BCUT2D eigenvalue weighted by Gasteiger charge is -2.07. The molecule has 0 saturated heterocycles. The molecular weight excluding hydrogens is 232 g/mol. The van der Waals surface area contributed by atoms with Gasteiger partial charge in [-0.15, -0.1) is 0 Å². The molecule has 0 spiro atoms. The van der Waals surface area contributed by atoms with Crippen molar-refractivity contribution in [2.75, 3.05) is 0 Å². The molecule has 16 heavy (non-hydrogen) atoms. The minimum atomic E-state index is -0.770. The molecule has 3 nitrogen and oxygen atoms in total. The lowest BCUT2D eigenvalue weighted by atomic mass is 10.4. The molecule has 82 valence electrons. The van der Waals surface area contributed by atoms with Gasteiger partial charge in [0.15, 0.2) is 11.6 Å². The summed E-state index contributed by atoms with van der Waals surface area (Å²) in [5, 5.41) is 0. The van der Waals surface area contributed by atoms with Crippen molar-refractivity contribution in [1.29, 1.82) is 0 Å². The zero-order chi connectivity index (χ0) is 11.7. The van der Waals surface area contributed by atoms with E-state index in [0.717, 1.165) is 12.3 Å². The van der Waals surface area contributed by atoms with Gasteiger partial charge in [0, 0.05) is 12.3 Å². The molecule has 0 bridgehead atoms. The predicted octanol–water partition coefficient (Wildman–Crippen LogP) is 1.78. The number of rotatable bonds is 2. The highest BCUT2D eigenvalue weighted by atomic mass is 32.1. The molecule has 6 heteroatoms. The molecule has 0 aliphatic carbocycles. The number of halogens is 2. The van der Waals surface area contributed by atoms with Crippen LogP contribution in [0.4, 0.5) is 8.78 Å². The summed E-state index contributed by atoms with van der Waals surface area (Å²) >= 11 is 4.80. The number of hydrogen-bond acceptors (Lipinski definition) is 2. The van der Waals surface area contributed by atoms with Gasteiger partial charge in [-0.2, -0.15) is 0 Å². The fraction of sp³-hybridized carbons (Fsp3) is 0. The molecule has 0 amide bonds. The number of aromatic nitrogens is 2. The number of nitrogens with zero attached hydrogens (tertiary/aromatic N) is 2. The fourth-order valence-corrected chi connectivity index (χ4v) is 1.52. The molecule has 0 fully saturated rings. The molecule has 2 heterocycles. The SMILES string of the molecule is NC(=S)c1cccn1-c1ncc(F)cc1F. The van der Waals surface area contributed by atoms with E-state index in [0.29, 0.717) is 5.69 Å². The van der Waals surface area contributed by atoms with E-state index >= 15 is 0 Å². The maximum absolute atomic E-state index is 13.4. The lowest BCUT2D eigenvalue weighted by Crippen LogP contribution is -2.15. The van der Waals surface area contributed by atoms with Gasteiger partial charge in [-0.05, 0) is 12.1 Å². The third-order valence-corrected chi connectivity index (χ3v) is 2.23. The average Bonchev–Trinajstić information content (AvgIpc) is 2.66. The van der Waals surface area contributed by atoms with Crippen LogP contribution in [0.5, 0.6) is 0 Å². The van der Waals surface area contributed by atoms with Gasteiger partial charge >= 0.3 is 0 Å². The first-order chi connectivity index (χ1) is 7.59. The van der Waals surface area contributed by atoms with Crippen molar-refractivity contribution in [2.45, 2.75) is 0 Å². The Hall–Kier alpha value is -1.82. The van der Waals surface area contributed by atoms with Gasteiger partial charge in [0.25, 0.3) is 0 Å². The molecule has 0 saturated carbocycles. The van der Waals surface area contributed by atoms with Crippen LogP contribution in [0.25, 0.3) is 5.82 Å². The van der Waals surface area contributed by atoms with Crippen LogP contribution in [0.3, 0.4) is 0 Å². The molecule has 0 unspecified atom stereocenters. The number of thiocarbonyl (C=S) groups is 1. The molecule has 2 rings (SSSR count). The monoisotopic (exact) mass is 239 g/mol. The highest BCUT2D eigenvalue weighted by Gasteiger charge is 2.11. The highest BCUT2D eigenvalue weighted by molar-refractivity contribution is 7.80. The Kier molecular flexibility index (Phi) is 2.66. The normalized spacial score (nSPS) is 10.4. The van der Waals surface area contributed by atoms with Crippen molar-refractivity contribution in [3.63, 3.8) is 0 Å². The molecule has 0 aliphatic heterocycles. The molecule has 2 aromatic rings. The van der Waals surface area contributed by atoms with Crippen LogP contribution >= 0.6 is 12.2 Å². The molecule has 0 aromatic carbocycles. The van der Waals surface area contributed by atoms with Gasteiger partial charge < -0.3 is 5.73 Å². The summed E-state index contributed by atoms with van der Waals surface area (Å²) in [6.45, 7) is 0. The van der Waals surface area contributed by atoms with Crippen LogP contribution in [0, 0.1) is 11.6 Å². The number of pyridine rings is 1. The summed E-state index contributed by atoms with van der Waals surface area (Å²) in [4.78, 5) is 3.78. The van der Waals surface area contributed by atoms with Gasteiger partial charge in [-0.25, -0.2) is 13.8 Å². The van der Waals surface area contributed by atoms with Crippen molar-refractivity contribution >= 4 is 17.2 Å². The summed E-state index contributed by atoms with van der Waals surface area (Å²) < 4.78 is 27.5. The van der Waals surface area contributed by atoms with Crippen molar-refractivity contribution in [3.8, 4) is 5.82 Å². The van der Waals surface area contributed by atoms with Crippen LogP contribution in [0.2, 0.25) is 0 Å². The Labute approximate surface area is 95.5 Å². The molecule has 0 aliphatic rings. The standard InChI is InChI=1S/C10H7F2N3S/c11-6-4-7(12)10(14-5-6)15-3-1-2-8(15)9(13)16/h1-5H,(H2,13,16). The highest BCUT2D eigenvalue weighted by Crippen LogP contribution is 2.14. The topological polar surface area (TPSA) is 43.8 Å². The number of hydrogen-bond donors (Lipinski definition) is 1. The summed E-state index contributed by atoms with van der Waals surface area (Å²) in [7, 11) is 0. The molecule has 0 radical (unpaired) electrons. The minimum absolute atomic E-state index is 0.0331. The Balaban J connectivity index is 2.59. The second kappa shape index (κ2) is 3.97. The van der Waals surface area contributed by atoms with Gasteiger partial charge in [0.05, 0.1) is 11.9 Å². The largest absolute Gasteiger partial charge is 0.388 e. The van der Waals surface area contributed by atoms with Gasteiger partial charge in [-0.3, -0.25) is 4.57 Å². The minimum Gasteiger partial charge on any atom is -0.388 e. The Morgan fingerprint density at radius 1 is 1.44 bits per heavy atom. The smallest absolute Gasteiger partial charge is 0.173 e. The van der Waals surface area contributed by atoms with E-state index in [1.54, 1.807) is 18.3 Å². The van der Waals surface area contributed by atoms with Crippen LogP contribution in [0.15, 0.2) is 30.6 Å². The Morgan fingerprint density at radius 2 is 2.19 bits per heavy atom. The summed E-state index contributed by atoms with van der Waals surface area (Å²) in [5.41, 5.74) is 5.91. The van der Waals surface area contributed by atoms with Crippen molar-refractivity contribution in [1.82, 2.24) is 9.55 Å². The van der Waals surface area contributed by atoms with E-state index in [9.17, 15) is 8.78 Å². The van der Waals surface area contributed by atoms with Crippen LogP contribution < -0.4 is 5.73 Å². The van der Waals surface area contributed by atoms with E-state index < -0.39 is 11.6 Å². The summed E-state index contributed by atoms with van der Waals surface area (Å²) in [6, 6.07) is 4.04. The zero-order valence-corrected chi connectivity index (χ0v) is 8.84.